The van der Waals surface area contributed by atoms with E-state index in [4.69, 9.17) is 4.42 Å². The van der Waals surface area contributed by atoms with E-state index in [9.17, 15) is 24.1 Å². The molecule has 0 spiro atoms. The van der Waals surface area contributed by atoms with Gasteiger partial charge in [0.15, 0.2) is 0 Å². The Balaban J connectivity index is 1.75. The van der Waals surface area contributed by atoms with Gasteiger partial charge in [0.2, 0.25) is 12.8 Å². The highest BCUT2D eigenvalue weighted by molar-refractivity contribution is 5.46. The maximum atomic E-state index is 13.7. The van der Waals surface area contributed by atoms with Gasteiger partial charge in [-0.25, -0.2) is 23.7 Å². The van der Waals surface area contributed by atoms with Crippen LogP contribution in [0, 0.1) is 4.91 Å². The van der Waals surface area contributed by atoms with E-state index in [1.54, 1.807) is 30.3 Å². The Bertz CT molecular complexity index is 1720. The molecular weight excluding hydrogens is 528 g/mol. The fourth-order valence-electron chi connectivity index (χ4n) is 4.30. The molecule has 0 saturated carbocycles. The Labute approximate surface area is 234 Å². The average molecular weight is 557 g/mol. The first-order valence-corrected chi connectivity index (χ1v) is 12.7. The molecular formula is C29H28N6O6. The van der Waals surface area contributed by atoms with Gasteiger partial charge in [0, 0.05) is 13.1 Å². The molecule has 2 amide bonds. The minimum Gasteiger partial charge on any atom is -0.375 e. The highest BCUT2D eigenvalue weighted by atomic mass is 16.4. The van der Waals surface area contributed by atoms with Crippen molar-refractivity contribution in [1.82, 2.24) is 19.8 Å². The van der Waals surface area contributed by atoms with Gasteiger partial charge in [0.25, 0.3) is 0 Å². The molecule has 3 aromatic carbocycles. The van der Waals surface area contributed by atoms with Crippen LogP contribution in [0.2, 0.25) is 0 Å². The molecule has 12 nitrogen and oxygen atoms in total. The standard InChI is InChI=1S/C29H28N6O6/c36-19-30-13-21-4-1-6-23(10-21)15-32-27-34(17-25-8-2-5-22(11-25)14-31-20-37)28(38)35(29(39)41-27)18-26-9-3-7-24(12-26)16-33-40/h1-12,19-20H,13-18H2,(H,30,36)(H,31,37). The monoisotopic (exact) mass is 556 g/mol. The Morgan fingerprint density at radius 3 is 1.76 bits per heavy atom. The number of nitrogens with zero attached hydrogens (tertiary/aromatic N) is 4. The lowest BCUT2D eigenvalue weighted by Crippen LogP contribution is -2.47. The summed E-state index contributed by atoms with van der Waals surface area (Å²) < 4.78 is 7.82. The summed E-state index contributed by atoms with van der Waals surface area (Å²) in [5.41, 5.74) is 3.71. The maximum absolute atomic E-state index is 13.7. The number of rotatable bonds is 14. The summed E-state index contributed by atoms with van der Waals surface area (Å²) >= 11 is 0. The van der Waals surface area contributed by atoms with Crippen LogP contribution < -0.4 is 27.8 Å². The van der Waals surface area contributed by atoms with Crippen LogP contribution in [0.4, 0.5) is 0 Å². The third-order valence-electron chi connectivity index (χ3n) is 6.17. The maximum Gasteiger partial charge on any atom is 0.426 e. The summed E-state index contributed by atoms with van der Waals surface area (Å²) in [6.07, 6.45) is 1.22. The van der Waals surface area contributed by atoms with Gasteiger partial charge in [-0.15, -0.1) is 0 Å². The third kappa shape index (κ3) is 7.82. The number of amides is 2. The van der Waals surface area contributed by atoms with Gasteiger partial charge in [0.1, 0.15) is 6.54 Å². The van der Waals surface area contributed by atoms with E-state index < -0.39 is 11.4 Å². The largest absolute Gasteiger partial charge is 0.426 e. The highest BCUT2D eigenvalue weighted by Gasteiger charge is 2.13. The van der Waals surface area contributed by atoms with Crippen LogP contribution in [0.25, 0.3) is 0 Å². The number of carbonyl (C=O) groups is 2. The molecule has 12 heteroatoms. The molecule has 0 aliphatic rings. The Morgan fingerprint density at radius 2 is 1.17 bits per heavy atom. The van der Waals surface area contributed by atoms with Gasteiger partial charge >= 0.3 is 17.1 Å². The van der Waals surface area contributed by atoms with Crippen LogP contribution in [0.15, 0.2) is 97.0 Å². The molecule has 0 fully saturated rings. The van der Waals surface area contributed by atoms with Gasteiger partial charge in [0.05, 0.1) is 19.6 Å². The zero-order valence-corrected chi connectivity index (χ0v) is 22.1. The molecule has 0 atom stereocenters. The minimum atomic E-state index is -0.878. The molecule has 4 aromatic rings. The fourth-order valence-corrected chi connectivity index (χ4v) is 4.30. The zero-order valence-electron chi connectivity index (χ0n) is 22.1. The second kappa shape index (κ2) is 14.1. The van der Waals surface area contributed by atoms with Crippen molar-refractivity contribution in [3.05, 3.63) is 138 Å². The van der Waals surface area contributed by atoms with E-state index >= 15 is 0 Å². The lowest BCUT2D eigenvalue weighted by atomic mass is 10.1. The lowest BCUT2D eigenvalue weighted by Gasteiger charge is -2.11. The van der Waals surface area contributed by atoms with Crippen molar-refractivity contribution in [2.75, 3.05) is 0 Å². The first-order valence-electron chi connectivity index (χ1n) is 12.7. The predicted molar refractivity (Wildman–Crippen MR) is 149 cm³/mol. The summed E-state index contributed by atoms with van der Waals surface area (Å²) in [6, 6.07) is 21.5. The van der Waals surface area contributed by atoms with Crippen molar-refractivity contribution >= 4 is 12.8 Å². The SMILES string of the molecule is O=CNCc1cccc(CN=c2oc(=O)n(Cc3cccc(CN=O)c3)c(=O)n2Cc2cccc(CNC=O)c2)c1. The van der Waals surface area contributed by atoms with E-state index in [-0.39, 0.29) is 31.9 Å². The summed E-state index contributed by atoms with van der Waals surface area (Å²) in [7, 11) is 0. The van der Waals surface area contributed by atoms with Crippen LogP contribution in [0.1, 0.15) is 33.4 Å². The topological polar surface area (TPSA) is 157 Å². The third-order valence-corrected chi connectivity index (χ3v) is 6.17. The molecule has 0 unspecified atom stereocenters. The quantitative estimate of drug-likeness (QED) is 0.177. The van der Waals surface area contributed by atoms with E-state index in [1.165, 1.54) is 4.57 Å². The van der Waals surface area contributed by atoms with Crippen LogP contribution in [0.3, 0.4) is 0 Å². The predicted octanol–water partition coefficient (Wildman–Crippen LogP) is 1.56. The van der Waals surface area contributed by atoms with E-state index in [0.717, 1.165) is 26.8 Å². The number of carbonyl (C=O) groups excluding carboxylic acids is 2. The smallest absolute Gasteiger partial charge is 0.375 e. The number of nitrogens with one attached hydrogen (secondary N) is 2. The van der Waals surface area contributed by atoms with Gasteiger partial charge in [-0.05, 0) is 33.4 Å². The molecule has 210 valence electrons. The van der Waals surface area contributed by atoms with E-state index in [2.05, 4.69) is 20.8 Å². The molecule has 0 aliphatic carbocycles. The van der Waals surface area contributed by atoms with Crippen molar-refractivity contribution in [2.24, 2.45) is 10.2 Å². The van der Waals surface area contributed by atoms with Crippen LogP contribution in [0.5, 0.6) is 0 Å². The first-order chi connectivity index (χ1) is 20.0. The molecule has 1 heterocycles. The van der Waals surface area contributed by atoms with Crippen molar-refractivity contribution in [1.29, 1.82) is 0 Å². The van der Waals surface area contributed by atoms with Gasteiger partial charge < -0.3 is 15.1 Å². The van der Waals surface area contributed by atoms with Crippen LogP contribution in [-0.2, 0) is 48.9 Å². The number of benzene rings is 3. The first kappa shape index (κ1) is 28.6. The summed E-state index contributed by atoms with van der Waals surface area (Å²) in [5.74, 6) is -0.878. The Morgan fingerprint density at radius 1 is 0.683 bits per heavy atom. The molecule has 0 saturated heterocycles. The molecule has 0 aliphatic heterocycles. The van der Waals surface area contributed by atoms with Crippen LogP contribution >= 0.6 is 0 Å². The molecule has 0 radical (unpaired) electrons. The molecule has 4 rings (SSSR count). The summed E-state index contributed by atoms with van der Waals surface area (Å²) in [4.78, 5) is 63.2. The van der Waals surface area contributed by atoms with Crippen molar-refractivity contribution in [3.63, 3.8) is 0 Å². The van der Waals surface area contributed by atoms with Crippen molar-refractivity contribution in [2.45, 2.75) is 39.3 Å². The van der Waals surface area contributed by atoms with E-state index in [0.29, 0.717) is 37.0 Å². The summed E-state index contributed by atoms with van der Waals surface area (Å²) in [5, 5.41) is 8.11. The minimum absolute atomic E-state index is 0.0309. The van der Waals surface area contributed by atoms with Gasteiger partial charge in [-0.2, -0.15) is 4.91 Å². The molecule has 1 aromatic heterocycles. The fraction of sp³-hybridized carbons (Fsp3) is 0.207. The van der Waals surface area contributed by atoms with Crippen LogP contribution in [-0.4, -0.2) is 22.0 Å². The van der Waals surface area contributed by atoms with Crippen molar-refractivity contribution in [3.8, 4) is 0 Å². The second-order valence-corrected chi connectivity index (χ2v) is 9.17. The van der Waals surface area contributed by atoms with Crippen molar-refractivity contribution < 1.29 is 14.0 Å². The highest BCUT2D eigenvalue weighted by Crippen LogP contribution is 2.09. The average Bonchev–Trinajstić information content (AvgIpc) is 2.98. The number of nitroso groups, excluding NO2 is 1. The van der Waals surface area contributed by atoms with Gasteiger partial charge in [-0.3, -0.25) is 9.59 Å². The number of aromatic nitrogens is 2. The van der Waals surface area contributed by atoms with E-state index in [1.807, 2.05) is 42.5 Å². The Kier molecular flexibility index (Phi) is 9.86. The number of hydrogen-bond donors (Lipinski definition) is 2. The molecule has 41 heavy (non-hydrogen) atoms. The number of hydrogen-bond acceptors (Lipinski definition) is 8. The normalized spacial score (nSPS) is 11.2. The lowest BCUT2D eigenvalue weighted by molar-refractivity contribution is -0.110. The molecule has 0 bridgehead atoms. The second-order valence-electron chi connectivity index (χ2n) is 9.17. The summed E-state index contributed by atoms with van der Waals surface area (Å²) in [6.45, 7) is 0.719. The zero-order chi connectivity index (χ0) is 29.0. The van der Waals surface area contributed by atoms with Gasteiger partial charge in [-0.1, -0.05) is 78.0 Å². The molecule has 2 N–H and O–H groups in total. The Hall–Kier alpha value is -5.39.